The summed E-state index contributed by atoms with van der Waals surface area (Å²) in [7, 11) is 1.44. The van der Waals surface area contributed by atoms with Crippen molar-refractivity contribution in [3.05, 3.63) is 54.0 Å². The number of halogens is 1. The third-order valence-corrected chi connectivity index (χ3v) is 5.23. The normalized spacial score (nSPS) is 14.8. The molecule has 3 rings (SSSR count). The fourth-order valence-corrected chi connectivity index (χ4v) is 3.55. The van der Waals surface area contributed by atoms with Gasteiger partial charge in [0.05, 0.1) is 13.3 Å². The molecule has 2 heterocycles. The summed E-state index contributed by atoms with van der Waals surface area (Å²) in [6.07, 6.45) is 1.93. The quantitative estimate of drug-likeness (QED) is 0.747. The maximum Gasteiger partial charge on any atom is 0.278 e. The van der Waals surface area contributed by atoms with Gasteiger partial charge in [-0.2, -0.15) is 0 Å². The smallest absolute Gasteiger partial charge is 0.278 e. The van der Waals surface area contributed by atoms with Crippen molar-refractivity contribution in [1.29, 1.82) is 0 Å². The largest absolute Gasteiger partial charge is 0.494 e. The monoisotopic (exact) mass is 388 g/mol. The number of likely N-dealkylation sites (N-methyl/N-ethyl adjacent to an activating group) is 1. The van der Waals surface area contributed by atoms with Crippen LogP contribution in [0.1, 0.15) is 12.5 Å². The molecule has 2 N–H and O–H groups in total. The van der Waals surface area contributed by atoms with Crippen molar-refractivity contribution in [2.24, 2.45) is 0 Å². The molecular weight excluding hydrogens is 359 g/mol. The van der Waals surface area contributed by atoms with Crippen LogP contribution < -0.4 is 19.5 Å². The molecule has 1 aliphatic rings. The molecule has 0 atom stereocenters. The zero-order valence-corrected chi connectivity index (χ0v) is 16.6. The molecule has 0 bridgehead atoms. The molecule has 28 heavy (non-hydrogen) atoms. The highest BCUT2D eigenvalue weighted by atomic mass is 19.1. The first-order valence-corrected chi connectivity index (χ1v) is 9.76. The van der Waals surface area contributed by atoms with Crippen LogP contribution in [-0.4, -0.2) is 57.2 Å². The standard InChI is InChI=1S/C21H27FN4O2/c1-3-25(15-17-7-8-19(28-2)18(22)14-17)21(27)16-24-10-12-26(13-11-24)20-6-4-5-9-23-20/h4-9,14H,3,10-13,15-16H2,1-2H3/p+2. The van der Waals surface area contributed by atoms with E-state index < -0.39 is 5.82 Å². The number of methoxy groups -OCH3 is 1. The SMILES string of the molecule is CCN(Cc1ccc(OC)c(F)c1)C(=O)C[NH+]1CCN(c2cccc[nH+]2)CC1. The van der Waals surface area contributed by atoms with Crippen LogP contribution in [0.5, 0.6) is 5.75 Å². The van der Waals surface area contributed by atoms with Gasteiger partial charge in [0.25, 0.3) is 11.7 Å². The van der Waals surface area contributed by atoms with Gasteiger partial charge in [-0.3, -0.25) is 9.69 Å². The number of hydrogen-bond acceptors (Lipinski definition) is 3. The number of nitrogens with one attached hydrogen (secondary N) is 2. The Hall–Kier alpha value is -2.67. The van der Waals surface area contributed by atoms with Crippen molar-refractivity contribution >= 4 is 11.7 Å². The minimum atomic E-state index is -0.400. The molecule has 0 aliphatic carbocycles. The van der Waals surface area contributed by atoms with E-state index in [1.54, 1.807) is 17.0 Å². The van der Waals surface area contributed by atoms with Gasteiger partial charge >= 0.3 is 0 Å². The van der Waals surface area contributed by atoms with Gasteiger partial charge in [0.1, 0.15) is 26.2 Å². The van der Waals surface area contributed by atoms with Gasteiger partial charge < -0.3 is 14.5 Å². The lowest BCUT2D eigenvalue weighted by Gasteiger charge is -2.29. The van der Waals surface area contributed by atoms with Gasteiger partial charge in [0, 0.05) is 19.2 Å². The fourth-order valence-electron chi connectivity index (χ4n) is 3.55. The van der Waals surface area contributed by atoms with Crippen molar-refractivity contribution in [2.75, 3.05) is 51.3 Å². The zero-order chi connectivity index (χ0) is 19.9. The summed E-state index contributed by atoms with van der Waals surface area (Å²) in [6, 6.07) is 10.9. The molecule has 0 saturated carbocycles. The Labute approximate surface area is 165 Å². The Kier molecular flexibility index (Phi) is 6.81. The van der Waals surface area contributed by atoms with Gasteiger partial charge in [-0.1, -0.05) is 12.1 Å². The summed E-state index contributed by atoms with van der Waals surface area (Å²) >= 11 is 0. The molecule has 1 fully saturated rings. The van der Waals surface area contributed by atoms with Crippen LogP contribution >= 0.6 is 0 Å². The van der Waals surface area contributed by atoms with E-state index in [1.165, 1.54) is 18.1 Å². The number of amides is 1. The van der Waals surface area contributed by atoms with Gasteiger partial charge in [-0.05, 0) is 30.7 Å². The zero-order valence-electron chi connectivity index (χ0n) is 16.6. The summed E-state index contributed by atoms with van der Waals surface area (Å²) in [4.78, 5) is 21.4. The highest BCUT2D eigenvalue weighted by Gasteiger charge is 2.28. The first-order valence-electron chi connectivity index (χ1n) is 9.76. The number of hydrogen-bond donors (Lipinski definition) is 1. The fraction of sp³-hybridized carbons (Fsp3) is 0.429. The second kappa shape index (κ2) is 9.50. The highest BCUT2D eigenvalue weighted by molar-refractivity contribution is 5.77. The van der Waals surface area contributed by atoms with Crippen LogP contribution in [0.25, 0.3) is 0 Å². The molecule has 6 nitrogen and oxygen atoms in total. The Balaban J connectivity index is 1.52. The number of H-pyrrole nitrogens is 1. The predicted molar refractivity (Wildman–Crippen MR) is 105 cm³/mol. The van der Waals surface area contributed by atoms with Crippen LogP contribution in [-0.2, 0) is 11.3 Å². The predicted octanol–water partition coefficient (Wildman–Crippen LogP) is 0.402. The third-order valence-electron chi connectivity index (χ3n) is 5.23. The average molecular weight is 388 g/mol. The maximum absolute atomic E-state index is 13.9. The number of ether oxygens (including phenoxy) is 1. The molecule has 1 aromatic heterocycles. The molecule has 0 unspecified atom stereocenters. The number of benzene rings is 1. The molecule has 150 valence electrons. The Morgan fingerprint density at radius 1 is 1.29 bits per heavy atom. The summed E-state index contributed by atoms with van der Waals surface area (Å²) in [6.45, 7) is 7.11. The summed E-state index contributed by atoms with van der Waals surface area (Å²) in [5.41, 5.74) is 0.771. The molecular formula is C21H29FN4O2+2. The van der Waals surface area contributed by atoms with Gasteiger partial charge in [0.15, 0.2) is 18.1 Å². The van der Waals surface area contributed by atoms with E-state index in [0.717, 1.165) is 37.6 Å². The van der Waals surface area contributed by atoms with Crippen molar-refractivity contribution in [1.82, 2.24) is 4.90 Å². The minimum Gasteiger partial charge on any atom is -0.494 e. The number of piperazine rings is 1. The first kappa shape index (κ1) is 20.1. The summed E-state index contributed by atoms with van der Waals surface area (Å²) in [5.74, 6) is 1.04. The lowest BCUT2D eigenvalue weighted by atomic mass is 10.2. The Bertz CT molecular complexity index is 779. The number of nitrogens with zero attached hydrogens (tertiary/aromatic N) is 2. The van der Waals surface area contributed by atoms with E-state index in [9.17, 15) is 9.18 Å². The lowest BCUT2D eigenvalue weighted by molar-refractivity contribution is -0.892. The van der Waals surface area contributed by atoms with E-state index in [4.69, 9.17) is 4.74 Å². The van der Waals surface area contributed by atoms with E-state index in [0.29, 0.717) is 19.6 Å². The molecule has 2 aromatic rings. The Morgan fingerprint density at radius 3 is 2.68 bits per heavy atom. The molecule has 1 amide bonds. The summed E-state index contributed by atoms with van der Waals surface area (Å²) in [5, 5.41) is 0. The maximum atomic E-state index is 13.9. The highest BCUT2D eigenvalue weighted by Crippen LogP contribution is 2.18. The van der Waals surface area contributed by atoms with E-state index in [2.05, 4.69) is 16.0 Å². The molecule has 1 aromatic carbocycles. The van der Waals surface area contributed by atoms with Crippen LogP contribution in [0.3, 0.4) is 0 Å². The van der Waals surface area contributed by atoms with Gasteiger partial charge in [-0.15, -0.1) is 0 Å². The number of aromatic amines is 1. The topological polar surface area (TPSA) is 51.4 Å². The molecule has 7 heteroatoms. The van der Waals surface area contributed by atoms with Crippen LogP contribution in [0.2, 0.25) is 0 Å². The van der Waals surface area contributed by atoms with Crippen molar-refractivity contribution < 1.29 is 23.8 Å². The van der Waals surface area contributed by atoms with Crippen molar-refractivity contribution in [3.8, 4) is 5.75 Å². The van der Waals surface area contributed by atoms with Crippen LogP contribution in [0.15, 0.2) is 42.6 Å². The number of carbonyl (C=O) groups excluding carboxylic acids is 1. The average Bonchev–Trinajstić information content (AvgIpc) is 2.73. The Morgan fingerprint density at radius 2 is 2.07 bits per heavy atom. The van der Waals surface area contributed by atoms with E-state index >= 15 is 0 Å². The lowest BCUT2D eigenvalue weighted by Crippen LogP contribution is -3.16. The van der Waals surface area contributed by atoms with Crippen molar-refractivity contribution in [3.63, 3.8) is 0 Å². The summed E-state index contributed by atoms with van der Waals surface area (Å²) < 4.78 is 18.9. The number of carbonyl (C=O) groups is 1. The minimum absolute atomic E-state index is 0.105. The van der Waals surface area contributed by atoms with E-state index in [1.807, 2.05) is 25.3 Å². The third kappa shape index (κ3) is 4.98. The first-order chi connectivity index (χ1) is 13.6. The number of aromatic nitrogens is 1. The van der Waals surface area contributed by atoms with Crippen LogP contribution in [0.4, 0.5) is 10.2 Å². The van der Waals surface area contributed by atoms with E-state index in [-0.39, 0.29) is 11.7 Å². The number of quaternary nitrogens is 1. The number of anilines is 1. The van der Waals surface area contributed by atoms with Crippen molar-refractivity contribution in [2.45, 2.75) is 13.5 Å². The molecule has 1 aliphatic heterocycles. The molecule has 0 radical (unpaired) electrons. The molecule has 0 spiro atoms. The molecule has 1 saturated heterocycles. The van der Waals surface area contributed by atoms with Gasteiger partial charge in [-0.25, -0.2) is 9.37 Å². The number of rotatable bonds is 7. The second-order valence-corrected chi connectivity index (χ2v) is 7.04. The number of pyridine rings is 1. The van der Waals surface area contributed by atoms with Crippen LogP contribution in [0, 0.1) is 5.82 Å². The van der Waals surface area contributed by atoms with Gasteiger partial charge in [0.2, 0.25) is 0 Å². The second-order valence-electron chi connectivity index (χ2n) is 7.04.